The van der Waals surface area contributed by atoms with E-state index in [1.807, 2.05) is 6.92 Å². The first kappa shape index (κ1) is 13.2. The fourth-order valence-corrected chi connectivity index (χ4v) is 2.23. The molecule has 0 saturated carbocycles. The average Bonchev–Trinajstić information content (AvgIpc) is 2.37. The minimum atomic E-state index is 0.402. The summed E-state index contributed by atoms with van der Waals surface area (Å²) >= 11 is 0. The lowest BCUT2D eigenvalue weighted by molar-refractivity contribution is 0.131. The van der Waals surface area contributed by atoms with Crippen LogP contribution in [0.25, 0.3) is 0 Å². The van der Waals surface area contributed by atoms with E-state index in [9.17, 15) is 0 Å². The second-order valence-corrected chi connectivity index (χ2v) is 4.70. The Balaban J connectivity index is 1.85. The third kappa shape index (κ3) is 3.89. The summed E-state index contributed by atoms with van der Waals surface area (Å²) in [6.07, 6.45) is 4.01. The second kappa shape index (κ2) is 6.61. The van der Waals surface area contributed by atoms with Crippen LogP contribution < -0.4 is 5.32 Å². The summed E-state index contributed by atoms with van der Waals surface area (Å²) in [6.45, 7) is 5.86. The molecular formula is C12H21N5O. The lowest BCUT2D eigenvalue weighted by Crippen LogP contribution is -2.43. The molecule has 6 heteroatoms. The zero-order chi connectivity index (χ0) is 12.8. The quantitative estimate of drug-likeness (QED) is 0.831. The molecule has 2 heterocycles. The van der Waals surface area contributed by atoms with Crippen LogP contribution in [0.4, 0.5) is 5.95 Å². The van der Waals surface area contributed by atoms with Crippen molar-refractivity contribution in [2.75, 3.05) is 38.7 Å². The van der Waals surface area contributed by atoms with Crippen molar-refractivity contribution in [2.45, 2.75) is 25.8 Å². The van der Waals surface area contributed by atoms with E-state index in [-0.39, 0.29) is 0 Å². The number of nitrogens with zero attached hydrogens (tertiary/aromatic N) is 4. The summed E-state index contributed by atoms with van der Waals surface area (Å²) in [5.74, 6) is 0.633. The molecule has 1 N–H and O–H groups in total. The monoisotopic (exact) mass is 251 g/mol. The highest BCUT2D eigenvalue weighted by atomic mass is 16.5. The molecule has 0 radical (unpaired) electrons. The Morgan fingerprint density at radius 3 is 3.22 bits per heavy atom. The van der Waals surface area contributed by atoms with Gasteiger partial charge in [0.25, 0.3) is 0 Å². The molecule has 1 aliphatic rings. The highest BCUT2D eigenvalue weighted by molar-refractivity contribution is 5.24. The van der Waals surface area contributed by atoms with Crippen LogP contribution in [0, 0.1) is 6.92 Å². The standard InChI is InChI=1S/C12H21N5O/c1-10-8-13-16-12(14-10)15-11-4-3-5-17(9-11)6-7-18-2/h8,11H,3-7,9H2,1-2H3,(H,14,15,16)/t11-/m1/s1. The van der Waals surface area contributed by atoms with Crippen molar-refractivity contribution in [1.29, 1.82) is 0 Å². The first-order valence-corrected chi connectivity index (χ1v) is 6.42. The Morgan fingerprint density at radius 1 is 1.56 bits per heavy atom. The number of anilines is 1. The molecule has 1 saturated heterocycles. The van der Waals surface area contributed by atoms with E-state index < -0.39 is 0 Å². The van der Waals surface area contributed by atoms with E-state index in [0.29, 0.717) is 12.0 Å². The molecule has 0 aliphatic carbocycles. The van der Waals surface area contributed by atoms with Gasteiger partial charge in [0.15, 0.2) is 0 Å². The number of piperidine rings is 1. The van der Waals surface area contributed by atoms with E-state index in [0.717, 1.165) is 38.4 Å². The third-order valence-corrected chi connectivity index (χ3v) is 3.13. The molecule has 2 rings (SSSR count). The summed E-state index contributed by atoms with van der Waals surface area (Å²) in [6, 6.07) is 0.402. The molecule has 18 heavy (non-hydrogen) atoms. The van der Waals surface area contributed by atoms with Crippen LogP contribution >= 0.6 is 0 Å². The Bertz CT molecular complexity index is 373. The van der Waals surface area contributed by atoms with Crippen molar-refractivity contribution in [3.05, 3.63) is 11.9 Å². The van der Waals surface area contributed by atoms with E-state index in [2.05, 4.69) is 25.4 Å². The molecule has 0 amide bonds. The van der Waals surface area contributed by atoms with Gasteiger partial charge in [-0.05, 0) is 26.3 Å². The SMILES string of the molecule is COCCN1CCC[C@@H](Nc2nncc(C)n2)C1. The molecular weight excluding hydrogens is 230 g/mol. The van der Waals surface area contributed by atoms with Gasteiger partial charge in [-0.2, -0.15) is 5.10 Å². The molecule has 1 atom stereocenters. The van der Waals surface area contributed by atoms with Crippen LogP contribution in [0.2, 0.25) is 0 Å². The minimum Gasteiger partial charge on any atom is -0.383 e. The minimum absolute atomic E-state index is 0.402. The topological polar surface area (TPSA) is 63.2 Å². The van der Waals surface area contributed by atoms with Gasteiger partial charge in [0.1, 0.15) is 0 Å². The number of hydrogen-bond acceptors (Lipinski definition) is 6. The number of hydrogen-bond donors (Lipinski definition) is 1. The van der Waals surface area contributed by atoms with Crippen molar-refractivity contribution >= 4 is 5.95 Å². The van der Waals surface area contributed by atoms with Gasteiger partial charge in [0.05, 0.1) is 18.5 Å². The van der Waals surface area contributed by atoms with Crippen molar-refractivity contribution in [2.24, 2.45) is 0 Å². The highest BCUT2D eigenvalue weighted by Crippen LogP contribution is 2.13. The van der Waals surface area contributed by atoms with Gasteiger partial charge in [-0.25, -0.2) is 4.98 Å². The van der Waals surface area contributed by atoms with Crippen LogP contribution in [0.5, 0.6) is 0 Å². The molecule has 0 spiro atoms. The van der Waals surface area contributed by atoms with E-state index in [1.165, 1.54) is 6.42 Å². The van der Waals surface area contributed by atoms with E-state index in [4.69, 9.17) is 4.74 Å². The summed E-state index contributed by atoms with van der Waals surface area (Å²) in [7, 11) is 1.74. The summed E-state index contributed by atoms with van der Waals surface area (Å²) in [5, 5.41) is 11.3. The Kier molecular flexibility index (Phi) is 4.83. The van der Waals surface area contributed by atoms with Crippen LogP contribution in [-0.4, -0.2) is 59.5 Å². The third-order valence-electron chi connectivity index (χ3n) is 3.13. The highest BCUT2D eigenvalue weighted by Gasteiger charge is 2.20. The maximum absolute atomic E-state index is 5.12. The summed E-state index contributed by atoms with van der Waals surface area (Å²) < 4.78 is 5.12. The lowest BCUT2D eigenvalue weighted by atomic mass is 10.1. The second-order valence-electron chi connectivity index (χ2n) is 4.70. The molecule has 1 aromatic rings. The zero-order valence-electron chi connectivity index (χ0n) is 11.1. The summed E-state index contributed by atoms with van der Waals surface area (Å²) in [4.78, 5) is 6.74. The molecule has 0 bridgehead atoms. The summed E-state index contributed by atoms with van der Waals surface area (Å²) in [5.41, 5.74) is 0.888. The normalized spacial score (nSPS) is 20.9. The molecule has 1 fully saturated rings. The molecule has 0 unspecified atom stereocenters. The predicted molar refractivity (Wildman–Crippen MR) is 69.5 cm³/mol. The van der Waals surface area contributed by atoms with Crippen LogP contribution in [0.1, 0.15) is 18.5 Å². The van der Waals surface area contributed by atoms with Crippen LogP contribution in [0.15, 0.2) is 6.20 Å². The maximum Gasteiger partial charge on any atom is 0.243 e. The Labute approximate surface area is 108 Å². The number of ether oxygens (including phenoxy) is 1. The number of rotatable bonds is 5. The van der Waals surface area contributed by atoms with Gasteiger partial charge in [0, 0.05) is 26.2 Å². The Morgan fingerprint density at radius 2 is 2.44 bits per heavy atom. The van der Waals surface area contributed by atoms with E-state index in [1.54, 1.807) is 13.3 Å². The molecule has 100 valence electrons. The van der Waals surface area contributed by atoms with Crippen LogP contribution in [-0.2, 0) is 4.74 Å². The molecule has 0 aromatic carbocycles. The zero-order valence-corrected chi connectivity index (χ0v) is 11.1. The largest absolute Gasteiger partial charge is 0.383 e. The maximum atomic E-state index is 5.12. The van der Waals surface area contributed by atoms with Gasteiger partial charge in [-0.3, -0.25) is 4.90 Å². The Hall–Kier alpha value is -1.27. The van der Waals surface area contributed by atoms with Crippen LogP contribution in [0.3, 0.4) is 0 Å². The molecule has 6 nitrogen and oxygen atoms in total. The predicted octanol–water partition coefficient (Wildman–Crippen LogP) is 0.703. The van der Waals surface area contributed by atoms with Crippen molar-refractivity contribution < 1.29 is 4.74 Å². The van der Waals surface area contributed by atoms with Gasteiger partial charge in [-0.1, -0.05) is 0 Å². The van der Waals surface area contributed by atoms with Gasteiger partial charge >= 0.3 is 0 Å². The first-order valence-electron chi connectivity index (χ1n) is 6.42. The smallest absolute Gasteiger partial charge is 0.243 e. The fraction of sp³-hybridized carbons (Fsp3) is 0.750. The number of likely N-dealkylation sites (tertiary alicyclic amines) is 1. The number of aryl methyl sites for hydroxylation is 1. The fourth-order valence-electron chi connectivity index (χ4n) is 2.23. The average molecular weight is 251 g/mol. The molecule has 1 aromatic heterocycles. The number of aromatic nitrogens is 3. The van der Waals surface area contributed by atoms with Crippen molar-refractivity contribution in [1.82, 2.24) is 20.1 Å². The van der Waals surface area contributed by atoms with Crippen molar-refractivity contribution in [3.8, 4) is 0 Å². The van der Waals surface area contributed by atoms with Crippen molar-refractivity contribution in [3.63, 3.8) is 0 Å². The number of methoxy groups -OCH3 is 1. The molecule has 1 aliphatic heterocycles. The first-order chi connectivity index (χ1) is 8.78. The number of nitrogens with one attached hydrogen (secondary N) is 1. The van der Waals surface area contributed by atoms with Gasteiger partial charge < -0.3 is 10.1 Å². The van der Waals surface area contributed by atoms with Gasteiger partial charge in [0.2, 0.25) is 5.95 Å². The lowest BCUT2D eigenvalue weighted by Gasteiger charge is -2.32. The van der Waals surface area contributed by atoms with E-state index >= 15 is 0 Å². The van der Waals surface area contributed by atoms with Gasteiger partial charge in [-0.15, -0.1) is 5.10 Å².